The molecular formula is C20H30Cl2N4Pt. The Bertz CT molecular complexity index is 776. The van der Waals surface area contributed by atoms with Gasteiger partial charge in [0.2, 0.25) is 0 Å². The van der Waals surface area contributed by atoms with Gasteiger partial charge >= 0.3 is 35.3 Å². The second-order valence-electron chi connectivity index (χ2n) is 6.35. The first-order chi connectivity index (χ1) is 12.0. The fourth-order valence-electron chi connectivity index (χ4n) is 2.77. The quantitative estimate of drug-likeness (QED) is 0.307. The maximum absolute atomic E-state index is 4.94. The second kappa shape index (κ2) is 12.6. The van der Waals surface area contributed by atoms with Crippen LogP contribution in [0.3, 0.4) is 0 Å². The van der Waals surface area contributed by atoms with Crippen LogP contribution < -0.4 is 12.3 Å². The predicted octanol–water partition coefficient (Wildman–Crippen LogP) is 7.51. The molecule has 0 bridgehead atoms. The average molecular weight is 592 g/mol. The molecule has 2 aromatic heterocycles. The summed E-state index contributed by atoms with van der Waals surface area (Å²) in [6.07, 6.45) is 2.21. The molecule has 0 saturated carbocycles. The molecule has 3 aromatic rings. The van der Waals surface area contributed by atoms with Crippen LogP contribution in [0.2, 0.25) is 0 Å². The van der Waals surface area contributed by atoms with Crippen molar-refractivity contribution in [3.63, 3.8) is 0 Å². The van der Waals surface area contributed by atoms with Crippen molar-refractivity contribution in [2.24, 2.45) is 0 Å². The first-order valence-corrected chi connectivity index (χ1v) is 14.2. The van der Waals surface area contributed by atoms with Crippen LogP contribution in [0.1, 0.15) is 63.8 Å². The summed E-state index contributed by atoms with van der Waals surface area (Å²) in [6, 6.07) is 13.0. The van der Waals surface area contributed by atoms with Crippen molar-refractivity contribution in [3.8, 4) is 0 Å². The van der Waals surface area contributed by atoms with Crippen molar-refractivity contribution in [1.82, 2.24) is 22.3 Å². The van der Waals surface area contributed by atoms with E-state index in [1.165, 1.54) is 22.2 Å². The summed E-state index contributed by atoms with van der Waals surface area (Å²) in [6.45, 7) is 8.88. The van der Waals surface area contributed by atoms with Gasteiger partial charge < -0.3 is 12.3 Å². The van der Waals surface area contributed by atoms with Gasteiger partial charge in [-0.2, -0.15) is 0 Å². The molecular weight excluding hydrogens is 562 g/mol. The van der Waals surface area contributed by atoms with Crippen LogP contribution in [0.25, 0.3) is 21.8 Å². The third-order valence-electron chi connectivity index (χ3n) is 4.80. The Morgan fingerprint density at radius 1 is 0.741 bits per heavy atom. The molecule has 1 aromatic carbocycles. The summed E-state index contributed by atoms with van der Waals surface area (Å²) in [5.41, 5.74) is 4.41. The standard InChI is InChI=1S/C20H24N2.2ClH.2H3N.Pt/c1-5-13(3)17-11-9-15-7-8-16-10-12-18(14(4)6-2)22-20(16)19(15)21-17;;;;;/h7-14H,5-6H2,1-4H3;2*1H;2*1H3;/q;;;;;+2/p-2. The fraction of sp³-hybridized carbons (Fsp3) is 0.400. The molecule has 6 N–H and O–H groups in total. The fourth-order valence-corrected chi connectivity index (χ4v) is 2.77. The Kier molecular flexibility index (Phi) is 12.3. The van der Waals surface area contributed by atoms with Gasteiger partial charge in [0.25, 0.3) is 0 Å². The van der Waals surface area contributed by atoms with Gasteiger partial charge in [0.05, 0.1) is 11.0 Å². The molecule has 0 saturated heterocycles. The van der Waals surface area contributed by atoms with Crippen LogP contribution in [-0.4, -0.2) is 9.97 Å². The van der Waals surface area contributed by atoms with Crippen molar-refractivity contribution < 1.29 is 16.5 Å². The van der Waals surface area contributed by atoms with E-state index in [1.807, 2.05) is 0 Å². The number of hydrogen-bond acceptors (Lipinski definition) is 4. The third kappa shape index (κ3) is 6.37. The zero-order chi connectivity index (χ0) is 18.4. The molecule has 2 atom stereocenters. The summed E-state index contributed by atoms with van der Waals surface area (Å²) < 4.78 is 0. The summed E-state index contributed by atoms with van der Waals surface area (Å²) in [7, 11) is 9.75. The topological polar surface area (TPSA) is 95.8 Å². The molecule has 3 rings (SSSR count). The number of fused-ring (bicyclic) bond motifs is 3. The van der Waals surface area contributed by atoms with E-state index in [2.05, 4.69) is 64.1 Å². The van der Waals surface area contributed by atoms with Gasteiger partial charge in [-0.25, -0.2) is 0 Å². The van der Waals surface area contributed by atoms with Crippen molar-refractivity contribution in [1.29, 1.82) is 0 Å². The average Bonchev–Trinajstić information content (AvgIpc) is 2.66. The van der Waals surface area contributed by atoms with Crippen LogP contribution in [0.5, 0.6) is 0 Å². The Hall–Kier alpha value is -0.772. The van der Waals surface area contributed by atoms with Gasteiger partial charge in [-0.05, 0) is 36.8 Å². The van der Waals surface area contributed by atoms with Gasteiger partial charge in [0, 0.05) is 22.2 Å². The number of halogens is 2. The third-order valence-corrected chi connectivity index (χ3v) is 4.80. The molecule has 2 unspecified atom stereocenters. The second-order valence-corrected chi connectivity index (χ2v) is 9.63. The molecule has 7 heteroatoms. The molecule has 2 heterocycles. The van der Waals surface area contributed by atoms with E-state index in [0.717, 1.165) is 23.9 Å². The van der Waals surface area contributed by atoms with Gasteiger partial charge in [0.1, 0.15) is 0 Å². The summed E-state index contributed by atoms with van der Waals surface area (Å²) >= 11 is -0.472. The Morgan fingerprint density at radius 2 is 1.04 bits per heavy atom. The molecule has 0 radical (unpaired) electrons. The number of hydrogen-bond donors (Lipinski definition) is 2. The zero-order valence-corrected chi connectivity index (χ0v) is 20.2. The van der Waals surface area contributed by atoms with Gasteiger partial charge in [-0.1, -0.05) is 52.0 Å². The van der Waals surface area contributed by atoms with E-state index in [-0.39, 0.29) is 12.3 Å². The monoisotopic (exact) mass is 591 g/mol. The molecule has 0 aliphatic heterocycles. The summed E-state index contributed by atoms with van der Waals surface area (Å²) in [4.78, 5) is 9.88. The molecule has 0 fully saturated rings. The Balaban J connectivity index is 0.00000127. The number of aromatic nitrogens is 2. The SMILES string of the molecule is CCC(C)c1ccc2ccc3ccc(C(C)CC)nc3c2n1.N.N.[Cl][Pt][Cl]. The van der Waals surface area contributed by atoms with Gasteiger partial charge in [-0.3, -0.25) is 9.97 Å². The molecule has 0 amide bonds. The van der Waals surface area contributed by atoms with E-state index < -0.39 is 16.5 Å². The minimum absolute atomic E-state index is 0. The van der Waals surface area contributed by atoms with Crippen molar-refractivity contribution in [2.75, 3.05) is 0 Å². The van der Waals surface area contributed by atoms with Crippen LogP contribution >= 0.6 is 18.8 Å². The zero-order valence-electron chi connectivity index (χ0n) is 16.4. The number of rotatable bonds is 4. The van der Waals surface area contributed by atoms with Gasteiger partial charge in [-0.15, -0.1) is 0 Å². The molecule has 27 heavy (non-hydrogen) atoms. The molecule has 0 spiro atoms. The molecule has 4 nitrogen and oxygen atoms in total. The predicted molar refractivity (Wildman–Crippen MR) is 116 cm³/mol. The molecule has 0 aliphatic carbocycles. The van der Waals surface area contributed by atoms with Crippen molar-refractivity contribution in [2.45, 2.75) is 52.4 Å². The molecule has 0 aliphatic rings. The maximum atomic E-state index is 4.94. The van der Waals surface area contributed by atoms with E-state index >= 15 is 0 Å². The number of nitrogens with zero attached hydrogens (tertiary/aromatic N) is 2. The van der Waals surface area contributed by atoms with Crippen molar-refractivity contribution >= 4 is 40.6 Å². The van der Waals surface area contributed by atoms with Crippen LogP contribution in [0.15, 0.2) is 36.4 Å². The summed E-state index contributed by atoms with van der Waals surface area (Å²) in [5.74, 6) is 0.967. The first-order valence-electron chi connectivity index (χ1n) is 8.58. The molecule has 154 valence electrons. The normalized spacial score (nSPS) is 12.5. The van der Waals surface area contributed by atoms with E-state index in [9.17, 15) is 0 Å². The Morgan fingerprint density at radius 3 is 1.33 bits per heavy atom. The van der Waals surface area contributed by atoms with Crippen LogP contribution in [-0.2, 0) is 16.5 Å². The number of pyridine rings is 2. The first kappa shape index (κ1) is 26.2. The van der Waals surface area contributed by atoms with Gasteiger partial charge in [0.15, 0.2) is 0 Å². The van der Waals surface area contributed by atoms with E-state index in [1.54, 1.807) is 0 Å². The van der Waals surface area contributed by atoms with E-state index in [4.69, 9.17) is 28.8 Å². The summed E-state index contributed by atoms with van der Waals surface area (Å²) in [5, 5.41) is 2.35. The van der Waals surface area contributed by atoms with E-state index in [0.29, 0.717) is 11.8 Å². The number of benzene rings is 1. The minimum atomic E-state index is -0.472. The van der Waals surface area contributed by atoms with Crippen LogP contribution in [0.4, 0.5) is 0 Å². The van der Waals surface area contributed by atoms with Crippen LogP contribution in [0, 0.1) is 0 Å². The van der Waals surface area contributed by atoms with Crippen molar-refractivity contribution in [3.05, 3.63) is 47.8 Å². The Labute approximate surface area is 179 Å².